The van der Waals surface area contributed by atoms with Gasteiger partial charge in [0.2, 0.25) is 0 Å². The first-order chi connectivity index (χ1) is 8.98. The molecular formula is C15H24FNO2. The molecule has 4 heteroatoms. The molecule has 1 unspecified atom stereocenters. The van der Waals surface area contributed by atoms with Crippen molar-refractivity contribution in [2.75, 3.05) is 27.2 Å². The molecule has 1 rings (SSSR count). The van der Waals surface area contributed by atoms with Crippen LogP contribution in [0.1, 0.15) is 31.2 Å². The van der Waals surface area contributed by atoms with Gasteiger partial charge >= 0.3 is 0 Å². The smallest absolute Gasteiger partial charge is 0.123 e. The largest absolute Gasteiger partial charge is 0.396 e. The lowest BCUT2D eigenvalue weighted by Gasteiger charge is -2.29. The first-order valence-electron chi connectivity index (χ1n) is 6.72. The molecule has 3 nitrogen and oxygen atoms in total. The SMILES string of the molecule is CN(C)CCCC(O)(CCCO)c1ccc(F)cc1. The van der Waals surface area contributed by atoms with Crippen molar-refractivity contribution in [3.05, 3.63) is 35.6 Å². The first kappa shape index (κ1) is 16.1. The second kappa shape index (κ2) is 7.58. The third-order valence-corrected chi connectivity index (χ3v) is 3.33. The highest BCUT2D eigenvalue weighted by Crippen LogP contribution is 2.31. The molecule has 0 radical (unpaired) electrons. The lowest BCUT2D eigenvalue weighted by Crippen LogP contribution is -2.28. The van der Waals surface area contributed by atoms with E-state index < -0.39 is 5.60 Å². The average molecular weight is 269 g/mol. The number of aliphatic hydroxyl groups excluding tert-OH is 1. The first-order valence-corrected chi connectivity index (χ1v) is 6.72. The molecule has 1 atom stereocenters. The minimum absolute atomic E-state index is 0.0528. The second-order valence-electron chi connectivity index (χ2n) is 5.27. The number of halogens is 1. The Morgan fingerprint density at radius 2 is 1.68 bits per heavy atom. The Hall–Kier alpha value is -0.970. The molecule has 0 saturated heterocycles. The minimum atomic E-state index is -0.980. The van der Waals surface area contributed by atoms with Gasteiger partial charge in [-0.05, 0) is 64.0 Å². The normalized spacial score (nSPS) is 14.6. The molecule has 108 valence electrons. The molecule has 19 heavy (non-hydrogen) atoms. The summed E-state index contributed by atoms with van der Waals surface area (Å²) in [5.41, 5.74) is -0.256. The van der Waals surface area contributed by atoms with E-state index in [4.69, 9.17) is 5.11 Å². The summed E-state index contributed by atoms with van der Waals surface area (Å²) in [5, 5.41) is 19.7. The Bertz CT molecular complexity index is 367. The standard InChI is InChI=1S/C15H24FNO2/c1-17(2)11-3-9-15(19,10-4-12-18)13-5-7-14(16)8-6-13/h5-8,18-19H,3-4,9-12H2,1-2H3. The van der Waals surface area contributed by atoms with Gasteiger partial charge in [-0.15, -0.1) is 0 Å². The van der Waals surface area contributed by atoms with Crippen LogP contribution in [0.25, 0.3) is 0 Å². The Balaban J connectivity index is 2.76. The number of hydrogen-bond acceptors (Lipinski definition) is 3. The number of nitrogens with zero attached hydrogens (tertiary/aromatic N) is 1. The number of rotatable bonds is 8. The van der Waals surface area contributed by atoms with E-state index in [1.54, 1.807) is 12.1 Å². The van der Waals surface area contributed by atoms with Gasteiger partial charge in [0.05, 0.1) is 5.60 Å². The molecule has 0 amide bonds. The van der Waals surface area contributed by atoms with Gasteiger partial charge in [0.1, 0.15) is 5.82 Å². The quantitative estimate of drug-likeness (QED) is 0.760. The van der Waals surface area contributed by atoms with Gasteiger partial charge < -0.3 is 15.1 Å². The monoisotopic (exact) mass is 269 g/mol. The zero-order valence-corrected chi connectivity index (χ0v) is 11.8. The summed E-state index contributed by atoms with van der Waals surface area (Å²) < 4.78 is 13.0. The molecular weight excluding hydrogens is 245 g/mol. The fourth-order valence-corrected chi connectivity index (χ4v) is 2.23. The molecule has 0 aromatic heterocycles. The Morgan fingerprint density at radius 3 is 2.21 bits per heavy atom. The van der Waals surface area contributed by atoms with Gasteiger partial charge in [0.15, 0.2) is 0 Å². The third kappa shape index (κ3) is 5.27. The van der Waals surface area contributed by atoms with Crippen molar-refractivity contribution in [2.24, 2.45) is 0 Å². The molecule has 0 spiro atoms. The van der Waals surface area contributed by atoms with E-state index in [1.807, 2.05) is 14.1 Å². The van der Waals surface area contributed by atoms with E-state index >= 15 is 0 Å². The van der Waals surface area contributed by atoms with Crippen LogP contribution in [0.3, 0.4) is 0 Å². The van der Waals surface area contributed by atoms with Crippen LogP contribution in [0, 0.1) is 5.82 Å². The summed E-state index contributed by atoms with van der Waals surface area (Å²) in [6, 6.07) is 5.99. The second-order valence-corrected chi connectivity index (χ2v) is 5.27. The molecule has 0 aliphatic rings. The topological polar surface area (TPSA) is 43.7 Å². The van der Waals surface area contributed by atoms with Crippen molar-refractivity contribution in [2.45, 2.75) is 31.3 Å². The van der Waals surface area contributed by atoms with Crippen LogP contribution in [0.5, 0.6) is 0 Å². The molecule has 2 N–H and O–H groups in total. The van der Waals surface area contributed by atoms with E-state index in [1.165, 1.54) is 12.1 Å². The minimum Gasteiger partial charge on any atom is -0.396 e. The van der Waals surface area contributed by atoms with Crippen molar-refractivity contribution in [3.63, 3.8) is 0 Å². The van der Waals surface area contributed by atoms with Crippen molar-refractivity contribution in [3.8, 4) is 0 Å². The molecule has 0 aliphatic carbocycles. The zero-order valence-electron chi connectivity index (χ0n) is 11.8. The molecule has 1 aromatic carbocycles. The van der Waals surface area contributed by atoms with Gasteiger partial charge in [-0.2, -0.15) is 0 Å². The average Bonchev–Trinajstić information content (AvgIpc) is 2.36. The van der Waals surface area contributed by atoms with Crippen LogP contribution in [0.2, 0.25) is 0 Å². The Labute approximate surface area is 114 Å². The van der Waals surface area contributed by atoms with Gasteiger partial charge in [-0.25, -0.2) is 4.39 Å². The highest BCUT2D eigenvalue weighted by atomic mass is 19.1. The Kier molecular flexibility index (Phi) is 6.42. The van der Waals surface area contributed by atoms with Crippen LogP contribution < -0.4 is 0 Å². The fraction of sp³-hybridized carbons (Fsp3) is 0.600. The van der Waals surface area contributed by atoms with Crippen molar-refractivity contribution in [1.29, 1.82) is 0 Å². The lowest BCUT2D eigenvalue weighted by atomic mass is 9.85. The third-order valence-electron chi connectivity index (χ3n) is 3.33. The van der Waals surface area contributed by atoms with E-state index in [-0.39, 0.29) is 12.4 Å². The number of hydrogen-bond donors (Lipinski definition) is 2. The fourth-order valence-electron chi connectivity index (χ4n) is 2.23. The van der Waals surface area contributed by atoms with Gasteiger partial charge in [-0.1, -0.05) is 12.1 Å². The summed E-state index contributed by atoms with van der Waals surface area (Å²) in [6.45, 7) is 0.944. The van der Waals surface area contributed by atoms with Crippen LogP contribution in [-0.4, -0.2) is 42.4 Å². The predicted molar refractivity (Wildman–Crippen MR) is 74.4 cm³/mol. The summed E-state index contributed by atoms with van der Waals surface area (Å²) in [5.74, 6) is -0.304. The summed E-state index contributed by atoms with van der Waals surface area (Å²) >= 11 is 0. The van der Waals surface area contributed by atoms with E-state index in [0.29, 0.717) is 19.3 Å². The van der Waals surface area contributed by atoms with Crippen molar-refractivity contribution < 1.29 is 14.6 Å². The van der Waals surface area contributed by atoms with Gasteiger partial charge in [0.25, 0.3) is 0 Å². The molecule has 0 saturated carbocycles. The van der Waals surface area contributed by atoms with Gasteiger partial charge in [-0.3, -0.25) is 0 Å². The highest BCUT2D eigenvalue weighted by molar-refractivity contribution is 5.23. The maximum Gasteiger partial charge on any atom is 0.123 e. The lowest BCUT2D eigenvalue weighted by molar-refractivity contribution is 0.00892. The van der Waals surface area contributed by atoms with Crippen molar-refractivity contribution in [1.82, 2.24) is 4.90 Å². The summed E-state index contributed by atoms with van der Waals surface area (Å²) in [6.07, 6.45) is 2.49. The maximum atomic E-state index is 13.0. The van der Waals surface area contributed by atoms with Crippen molar-refractivity contribution >= 4 is 0 Å². The molecule has 0 bridgehead atoms. The molecule has 0 heterocycles. The van der Waals surface area contributed by atoms with E-state index in [9.17, 15) is 9.50 Å². The summed E-state index contributed by atoms with van der Waals surface area (Å²) in [7, 11) is 3.98. The Morgan fingerprint density at radius 1 is 1.11 bits per heavy atom. The number of aliphatic hydroxyl groups is 2. The van der Waals surface area contributed by atoms with Gasteiger partial charge in [0, 0.05) is 6.61 Å². The molecule has 0 fully saturated rings. The summed E-state index contributed by atoms with van der Waals surface area (Å²) in [4.78, 5) is 2.07. The zero-order chi connectivity index (χ0) is 14.3. The number of benzene rings is 1. The molecule has 0 aliphatic heterocycles. The van der Waals surface area contributed by atoms with Crippen LogP contribution in [-0.2, 0) is 5.60 Å². The predicted octanol–water partition coefficient (Wildman–Crippen LogP) is 2.13. The van der Waals surface area contributed by atoms with E-state index in [0.717, 1.165) is 18.5 Å². The maximum absolute atomic E-state index is 13.0. The molecule has 1 aromatic rings. The van der Waals surface area contributed by atoms with Crippen LogP contribution in [0.4, 0.5) is 4.39 Å². The highest BCUT2D eigenvalue weighted by Gasteiger charge is 2.28. The van der Waals surface area contributed by atoms with Crippen LogP contribution >= 0.6 is 0 Å². The van der Waals surface area contributed by atoms with Crippen LogP contribution in [0.15, 0.2) is 24.3 Å². The van der Waals surface area contributed by atoms with E-state index in [2.05, 4.69) is 4.90 Å².